The third-order valence-corrected chi connectivity index (χ3v) is 4.46. The average Bonchev–Trinajstić information content (AvgIpc) is 2.96. The monoisotopic (exact) mass is 394 g/mol. The summed E-state index contributed by atoms with van der Waals surface area (Å²) in [5.41, 5.74) is 7.46. The Morgan fingerprint density at radius 3 is 2.52 bits per heavy atom. The molecule has 0 fully saturated rings. The summed E-state index contributed by atoms with van der Waals surface area (Å²) in [4.78, 5) is 11.9. The summed E-state index contributed by atoms with van der Waals surface area (Å²) in [6.45, 7) is 6.38. The van der Waals surface area contributed by atoms with Crippen LogP contribution in [0.25, 0.3) is 0 Å². The van der Waals surface area contributed by atoms with Gasteiger partial charge in [0.25, 0.3) is 5.91 Å². The highest BCUT2D eigenvalue weighted by molar-refractivity contribution is 5.84. The number of nitrogens with one attached hydrogen (secondary N) is 1. The second-order valence-electron chi connectivity index (χ2n) is 6.76. The third-order valence-electron chi connectivity index (χ3n) is 4.46. The van der Waals surface area contributed by atoms with Crippen LogP contribution >= 0.6 is 0 Å². The number of ether oxygens (including phenoxy) is 1. The number of hydrogen-bond acceptors (Lipinski definition) is 4. The Morgan fingerprint density at radius 1 is 1.14 bits per heavy atom. The number of aromatic nitrogens is 2. The number of rotatable bonds is 7. The maximum atomic E-state index is 12.9. The fraction of sp³-hybridized carbons (Fsp3) is 0.227. The number of aryl methyl sites for hydroxylation is 2. The molecule has 2 aromatic carbocycles. The van der Waals surface area contributed by atoms with Crippen LogP contribution in [0.5, 0.6) is 5.75 Å². The van der Waals surface area contributed by atoms with Crippen LogP contribution in [0.2, 0.25) is 0 Å². The Balaban J connectivity index is 1.57. The zero-order chi connectivity index (χ0) is 20.8. The van der Waals surface area contributed by atoms with Gasteiger partial charge in [0.05, 0.1) is 18.5 Å². The van der Waals surface area contributed by atoms with Crippen LogP contribution < -0.4 is 10.2 Å². The van der Waals surface area contributed by atoms with Gasteiger partial charge in [-0.1, -0.05) is 29.8 Å². The molecule has 0 radical (unpaired) electrons. The average molecular weight is 394 g/mol. The van der Waals surface area contributed by atoms with E-state index in [2.05, 4.69) is 46.8 Å². The van der Waals surface area contributed by atoms with E-state index >= 15 is 0 Å². The summed E-state index contributed by atoms with van der Waals surface area (Å²) in [6.07, 6.45) is 1.58. The van der Waals surface area contributed by atoms with Gasteiger partial charge in [0.15, 0.2) is 6.61 Å². The lowest BCUT2D eigenvalue weighted by Gasteiger charge is -2.05. The maximum Gasteiger partial charge on any atom is 0.277 e. The fourth-order valence-corrected chi connectivity index (χ4v) is 2.80. The molecule has 0 unspecified atom stereocenters. The molecule has 0 aliphatic heterocycles. The minimum absolute atomic E-state index is 0.215. The van der Waals surface area contributed by atoms with Crippen molar-refractivity contribution >= 4 is 12.1 Å². The highest BCUT2D eigenvalue weighted by Gasteiger charge is 2.10. The van der Waals surface area contributed by atoms with Crippen molar-refractivity contribution in [2.45, 2.75) is 27.3 Å². The van der Waals surface area contributed by atoms with E-state index in [0.29, 0.717) is 12.3 Å². The van der Waals surface area contributed by atoms with Crippen molar-refractivity contribution in [2.75, 3.05) is 6.61 Å². The van der Waals surface area contributed by atoms with Crippen molar-refractivity contribution in [1.82, 2.24) is 15.2 Å². The zero-order valence-electron chi connectivity index (χ0n) is 16.6. The van der Waals surface area contributed by atoms with Crippen molar-refractivity contribution in [3.63, 3.8) is 0 Å². The number of hydrogen-bond donors (Lipinski definition) is 1. The predicted octanol–water partition coefficient (Wildman–Crippen LogP) is 3.52. The SMILES string of the molecule is Cc1ccc(Cn2nc(C)c(/C=N\NC(=O)COc3ccc(F)cc3)c2C)cc1. The Morgan fingerprint density at radius 2 is 1.83 bits per heavy atom. The van der Waals surface area contributed by atoms with Gasteiger partial charge in [-0.15, -0.1) is 0 Å². The molecule has 1 amide bonds. The van der Waals surface area contributed by atoms with Gasteiger partial charge in [-0.05, 0) is 50.6 Å². The zero-order valence-corrected chi connectivity index (χ0v) is 16.6. The van der Waals surface area contributed by atoms with Crippen LogP contribution in [0.15, 0.2) is 53.6 Å². The van der Waals surface area contributed by atoms with Gasteiger partial charge in [0.2, 0.25) is 0 Å². The topological polar surface area (TPSA) is 68.5 Å². The number of nitrogens with zero attached hydrogens (tertiary/aromatic N) is 3. The third kappa shape index (κ3) is 5.51. The first kappa shape index (κ1) is 20.3. The maximum absolute atomic E-state index is 12.9. The lowest BCUT2D eigenvalue weighted by molar-refractivity contribution is -0.123. The molecule has 0 saturated heterocycles. The molecule has 0 spiro atoms. The van der Waals surface area contributed by atoms with Gasteiger partial charge >= 0.3 is 0 Å². The van der Waals surface area contributed by atoms with Gasteiger partial charge in [0.1, 0.15) is 11.6 Å². The van der Waals surface area contributed by atoms with E-state index in [1.165, 1.54) is 29.8 Å². The Labute approximate surface area is 169 Å². The minimum Gasteiger partial charge on any atom is -0.484 e. The molecule has 7 heteroatoms. The van der Waals surface area contributed by atoms with Crippen molar-refractivity contribution < 1.29 is 13.9 Å². The first-order chi connectivity index (χ1) is 13.9. The first-order valence-electron chi connectivity index (χ1n) is 9.22. The molecule has 0 aliphatic carbocycles. The lowest BCUT2D eigenvalue weighted by atomic mass is 10.1. The molecule has 1 aromatic heterocycles. The van der Waals surface area contributed by atoms with E-state index in [4.69, 9.17) is 4.74 Å². The van der Waals surface area contributed by atoms with E-state index in [1.54, 1.807) is 6.21 Å². The molecule has 1 N–H and O–H groups in total. The largest absolute Gasteiger partial charge is 0.484 e. The standard InChI is InChI=1S/C22H23FN4O2/c1-15-4-6-18(7-5-15)13-27-17(3)21(16(2)26-27)12-24-25-22(28)14-29-20-10-8-19(23)9-11-20/h4-12H,13-14H2,1-3H3,(H,25,28)/b24-12-. The second kappa shape index (κ2) is 9.14. The highest BCUT2D eigenvalue weighted by Crippen LogP contribution is 2.14. The lowest BCUT2D eigenvalue weighted by Crippen LogP contribution is -2.24. The van der Waals surface area contributed by atoms with Crippen LogP contribution in [0, 0.1) is 26.6 Å². The van der Waals surface area contributed by atoms with Crippen LogP contribution in [0.3, 0.4) is 0 Å². The van der Waals surface area contributed by atoms with Gasteiger partial charge in [-0.25, -0.2) is 9.82 Å². The molecule has 0 aliphatic rings. The van der Waals surface area contributed by atoms with Crippen molar-refractivity contribution in [3.05, 3.63) is 82.4 Å². The quantitative estimate of drug-likeness (QED) is 0.492. The summed E-state index contributed by atoms with van der Waals surface area (Å²) >= 11 is 0. The minimum atomic E-state index is -0.409. The second-order valence-corrected chi connectivity index (χ2v) is 6.76. The van der Waals surface area contributed by atoms with Gasteiger partial charge < -0.3 is 4.74 Å². The number of carbonyl (C=O) groups excluding carboxylic acids is 1. The molecule has 3 rings (SSSR count). The molecule has 29 heavy (non-hydrogen) atoms. The first-order valence-corrected chi connectivity index (χ1v) is 9.22. The molecule has 3 aromatic rings. The number of amides is 1. The number of carbonyl (C=O) groups is 1. The van der Waals surface area contributed by atoms with Crippen LogP contribution in [0.1, 0.15) is 28.1 Å². The van der Waals surface area contributed by atoms with Gasteiger partial charge in [0, 0.05) is 11.3 Å². The van der Waals surface area contributed by atoms with Gasteiger partial charge in [-0.3, -0.25) is 9.48 Å². The van der Waals surface area contributed by atoms with Crippen LogP contribution in [0.4, 0.5) is 4.39 Å². The van der Waals surface area contributed by atoms with Crippen molar-refractivity contribution in [1.29, 1.82) is 0 Å². The van der Waals surface area contributed by atoms with E-state index in [0.717, 1.165) is 22.5 Å². The van der Waals surface area contributed by atoms with Crippen LogP contribution in [-0.2, 0) is 11.3 Å². The predicted molar refractivity (Wildman–Crippen MR) is 110 cm³/mol. The molecule has 1 heterocycles. The molecular formula is C22H23FN4O2. The summed E-state index contributed by atoms with van der Waals surface area (Å²) in [7, 11) is 0. The molecular weight excluding hydrogens is 371 g/mol. The van der Waals surface area contributed by atoms with E-state index in [9.17, 15) is 9.18 Å². The summed E-state index contributed by atoms with van der Waals surface area (Å²) in [6, 6.07) is 13.8. The molecule has 150 valence electrons. The fourth-order valence-electron chi connectivity index (χ4n) is 2.80. The highest BCUT2D eigenvalue weighted by atomic mass is 19.1. The Bertz CT molecular complexity index is 1010. The number of hydrazone groups is 1. The van der Waals surface area contributed by atoms with Crippen LogP contribution in [-0.4, -0.2) is 28.5 Å². The van der Waals surface area contributed by atoms with Crippen molar-refractivity contribution in [2.24, 2.45) is 5.10 Å². The van der Waals surface area contributed by atoms with E-state index in [1.807, 2.05) is 18.5 Å². The summed E-state index contributed by atoms with van der Waals surface area (Å²) in [5, 5.41) is 8.57. The summed E-state index contributed by atoms with van der Waals surface area (Å²) < 4.78 is 20.1. The van der Waals surface area contributed by atoms with Gasteiger partial charge in [-0.2, -0.15) is 10.2 Å². The van der Waals surface area contributed by atoms with E-state index < -0.39 is 5.91 Å². The Hall–Kier alpha value is -3.48. The smallest absolute Gasteiger partial charge is 0.277 e. The summed E-state index contributed by atoms with van der Waals surface area (Å²) in [5.74, 6) is -0.359. The normalized spacial score (nSPS) is 11.0. The van der Waals surface area contributed by atoms with Crippen molar-refractivity contribution in [3.8, 4) is 5.75 Å². The molecule has 6 nitrogen and oxygen atoms in total. The van der Waals surface area contributed by atoms with E-state index in [-0.39, 0.29) is 12.4 Å². The molecule has 0 atom stereocenters. The Kier molecular flexibility index (Phi) is 6.39. The number of benzene rings is 2. The number of halogens is 1. The molecule has 0 bridgehead atoms. The molecule has 0 saturated carbocycles.